The second kappa shape index (κ2) is 3.24. The van der Waals surface area contributed by atoms with E-state index in [9.17, 15) is 0 Å². The van der Waals surface area contributed by atoms with Crippen molar-refractivity contribution in [2.24, 2.45) is 0 Å². The largest absolute Gasteiger partial charge is 0.380 e. The summed E-state index contributed by atoms with van der Waals surface area (Å²) in [5.41, 5.74) is 0. The average Bonchev–Trinajstić information content (AvgIpc) is 2.71. The molecule has 2 fully saturated rings. The molecule has 12 heavy (non-hydrogen) atoms. The monoisotopic (exact) mass is 184 g/mol. The molecule has 4 heteroatoms. The lowest BCUT2D eigenvalue weighted by Gasteiger charge is -2.16. The highest BCUT2D eigenvalue weighted by molar-refractivity contribution is 8.08. The number of thioether (sulfide) groups is 1. The van der Waals surface area contributed by atoms with Gasteiger partial charge in [-0.05, 0) is 13.8 Å². The third-order valence-electron chi connectivity index (χ3n) is 2.18. The van der Waals surface area contributed by atoms with E-state index in [1.54, 1.807) is 0 Å². The summed E-state index contributed by atoms with van der Waals surface area (Å²) >= 11 is 1.92. The molecule has 2 aliphatic rings. The summed E-state index contributed by atoms with van der Waals surface area (Å²) in [7, 11) is 5.72. The maximum atomic E-state index is 5.72. The molecule has 2 aliphatic heterocycles. The Morgan fingerprint density at radius 3 is 2.67 bits per heavy atom. The predicted octanol–water partition coefficient (Wildman–Crippen LogP) is 0.789. The minimum absolute atomic E-state index is 0.0548. The summed E-state index contributed by atoms with van der Waals surface area (Å²) in [5, 5.41) is 1.16. The van der Waals surface area contributed by atoms with Gasteiger partial charge in [-0.15, -0.1) is 11.8 Å². The molecule has 0 aliphatic carbocycles. The molecule has 2 heterocycles. The van der Waals surface area contributed by atoms with Gasteiger partial charge in [-0.2, -0.15) is 0 Å². The first-order chi connectivity index (χ1) is 5.68. The first-order valence-electron chi connectivity index (χ1n) is 4.36. The van der Waals surface area contributed by atoms with Crippen LogP contribution in [0.1, 0.15) is 13.8 Å². The molecule has 0 amide bonds. The van der Waals surface area contributed by atoms with Crippen LogP contribution in [0, 0.1) is 0 Å². The van der Waals surface area contributed by atoms with Gasteiger partial charge in [0, 0.05) is 16.5 Å². The Morgan fingerprint density at radius 1 is 1.50 bits per heavy atom. The summed E-state index contributed by atoms with van der Waals surface area (Å²) < 4.78 is 11.0. The Bertz CT molecular complexity index is 176. The highest BCUT2D eigenvalue weighted by Crippen LogP contribution is 2.52. The summed E-state index contributed by atoms with van der Waals surface area (Å²) in [5.74, 6) is 0. The van der Waals surface area contributed by atoms with Gasteiger partial charge in [0.25, 0.3) is 0 Å². The van der Waals surface area contributed by atoms with Crippen LogP contribution in [-0.2, 0) is 9.47 Å². The number of rotatable bonds is 3. The molecule has 0 N–H and O–H groups in total. The maximum absolute atomic E-state index is 5.72. The second-order valence-electron chi connectivity index (χ2n) is 3.59. The zero-order chi connectivity index (χ0) is 8.72. The van der Waals surface area contributed by atoms with E-state index in [1.807, 2.05) is 25.6 Å². The number of ether oxygens (including phenoxy) is 2. The van der Waals surface area contributed by atoms with Crippen LogP contribution < -0.4 is 0 Å². The number of fused-ring (bicyclic) bond motifs is 1. The number of hydrogen-bond acceptors (Lipinski definition) is 3. The smallest absolute Gasteiger partial charge is 0.110 e. The summed E-state index contributed by atoms with van der Waals surface area (Å²) in [6, 6.07) is -0.0548. The second-order valence-corrected chi connectivity index (χ2v) is 4.95. The van der Waals surface area contributed by atoms with Crippen LogP contribution in [0.25, 0.3) is 0 Å². The molecular formula is C8H13BO2S. The molecule has 0 saturated carbocycles. The lowest BCUT2D eigenvalue weighted by molar-refractivity contribution is -0.0151. The molecule has 0 spiro atoms. The van der Waals surface area contributed by atoms with E-state index >= 15 is 0 Å². The van der Waals surface area contributed by atoms with E-state index in [0.717, 1.165) is 0 Å². The third-order valence-corrected chi connectivity index (χ3v) is 3.65. The quantitative estimate of drug-likeness (QED) is 0.477. The third kappa shape index (κ3) is 1.65. The Balaban J connectivity index is 1.76. The van der Waals surface area contributed by atoms with E-state index in [-0.39, 0.29) is 18.2 Å². The van der Waals surface area contributed by atoms with Gasteiger partial charge in [-0.1, -0.05) is 0 Å². The van der Waals surface area contributed by atoms with Crippen LogP contribution in [-0.4, -0.2) is 43.2 Å². The van der Waals surface area contributed by atoms with Crippen molar-refractivity contribution < 1.29 is 9.47 Å². The molecule has 4 atom stereocenters. The lowest BCUT2D eigenvalue weighted by Crippen LogP contribution is -2.24. The van der Waals surface area contributed by atoms with Crippen LogP contribution in [0.4, 0.5) is 0 Å². The van der Waals surface area contributed by atoms with Crippen LogP contribution in [0.5, 0.6) is 0 Å². The Morgan fingerprint density at radius 2 is 2.25 bits per heavy atom. The zero-order valence-corrected chi connectivity index (χ0v) is 8.21. The molecule has 2 unspecified atom stereocenters. The minimum atomic E-state index is -0.0548. The van der Waals surface area contributed by atoms with E-state index < -0.39 is 0 Å². The van der Waals surface area contributed by atoms with Gasteiger partial charge in [0.05, 0.1) is 18.8 Å². The van der Waals surface area contributed by atoms with E-state index in [4.69, 9.17) is 17.3 Å². The van der Waals surface area contributed by atoms with Crippen LogP contribution in [0.15, 0.2) is 0 Å². The highest BCUT2D eigenvalue weighted by Gasteiger charge is 2.54. The van der Waals surface area contributed by atoms with Gasteiger partial charge in [0.15, 0.2) is 0 Å². The maximum Gasteiger partial charge on any atom is 0.110 e. The van der Waals surface area contributed by atoms with Crippen LogP contribution in [0.3, 0.4) is 0 Å². The van der Waals surface area contributed by atoms with Crippen molar-refractivity contribution in [3.8, 4) is 0 Å². The minimum Gasteiger partial charge on any atom is -0.380 e. The lowest BCUT2D eigenvalue weighted by atomic mass is 9.97. The van der Waals surface area contributed by atoms with Crippen molar-refractivity contribution >= 4 is 19.6 Å². The molecule has 0 bridgehead atoms. The fourth-order valence-corrected chi connectivity index (χ4v) is 2.62. The van der Waals surface area contributed by atoms with E-state index in [2.05, 4.69) is 0 Å². The van der Waals surface area contributed by atoms with Crippen molar-refractivity contribution in [1.82, 2.24) is 0 Å². The van der Waals surface area contributed by atoms with Gasteiger partial charge in [-0.25, -0.2) is 0 Å². The fraction of sp³-hybridized carbons (Fsp3) is 1.00. The van der Waals surface area contributed by atoms with Crippen molar-refractivity contribution in [2.45, 2.75) is 42.6 Å². The van der Waals surface area contributed by atoms with Crippen LogP contribution >= 0.6 is 11.8 Å². The standard InChI is InChI=1S/C8H13BO2S/c1-4(2)10-3-5-6-7(12-6)8(9)11-5/h4-8H,3H2,1-2H3/t5-,6?,7?,8-/m1/s1. The molecule has 66 valence electrons. The molecule has 0 aromatic rings. The Hall–Kier alpha value is 0.335. The van der Waals surface area contributed by atoms with Gasteiger partial charge in [-0.3, -0.25) is 0 Å². The van der Waals surface area contributed by atoms with Gasteiger partial charge in [0.2, 0.25) is 0 Å². The van der Waals surface area contributed by atoms with E-state index in [1.165, 1.54) is 0 Å². The molecule has 2 rings (SSSR count). The fourth-order valence-electron chi connectivity index (χ4n) is 1.48. The van der Waals surface area contributed by atoms with Gasteiger partial charge in [0.1, 0.15) is 7.85 Å². The normalized spacial score (nSPS) is 44.9. The summed E-state index contributed by atoms with van der Waals surface area (Å²) in [6.07, 6.45) is 0.519. The van der Waals surface area contributed by atoms with Gasteiger partial charge >= 0.3 is 0 Å². The summed E-state index contributed by atoms with van der Waals surface area (Å²) in [6.45, 7) is 4.76. The topological polar surface area (TPSA) is 18.5 Å². The average molecular weight is 184 g/mol. The van der Waals surface area contributed by atoms with E-state index in [0.29, 0.717) is 17.1 Å². The number of hydrogen-bond donors (Lipinski definition) is 0. The Kier molecular flexibility index (Phi) is 2.41. The predicted molar refractivity (Wildman–Crippen MR) is 50.7 cm³/mol. The van der Waals surface area contributed by atoms with Crippen molar-refractivity contribution in [3.05, 3.63) is 0 Å². The van der Waals surface area contributed by atoms with Gasteiger partial charge < -0.3 is 9.47 Å². The molecule has 0 aromatic carbocycles. The van der Waals surface area contributed by atoms with Crippen molar-refractivity contribution in [3.63, 3.8) is 0 Å². The van der Waals surface area contributed by atoms with Crippen LogP contribution in [0.2, 0.25) is 0 Å². The zero-order valence-electron chi connectivity index (χ0n) is 7.40. The molecule has 0 aromatic heterocycles. The summed E-state index contributed by atoms with van der Waals surface area (Å²) in [4.78, 5) is 0. The molecule has 2 nitrogen and oxygen atoms in total. The Labute approximate surface area is 78.8 Å². The molecule has 2 radical (unpaired) electrons. The SMILES string of the molecule is [B][C@@H]1O[C@H](COC(C)C)C2SC21. The first kappa shape index (κ1) is 8.91. The molecule has 2 saturated heterocycles. The first-order valence-corrected chi connectivity index (χ1v) is 5.31. The van der Waals surface area contributed by atoms with Crippen molar-refractivity contribution in [1.29, 1.82) is 0 Å². The highest BCUT2D eigenvalue weighted by atomic mass is 32.2. The van der Waals surface area contributed by atoms with Crippen molar-refractivity contribution in [2.75, 3.05) is 6.61 Å². The molecular weight excluding hydrogens is 171 g/mol.